The number of benzene rings is 1. The molecule has 0 N–H and O–H groups in total. The van der Waals surface area contributed by atoms with Gasteiger partial charge in [0.1, 0.15) is 0 Å². The molecule has 140 valence electrons. The zero-order chi connectivity index (χ0) is 18.9. The zero-order valence-corrected chi connectivity index (χ0v) is 14.6. The van der Waals surface area contributed by atoms with Gasteiger partial charge >= 0.3 is 12.1 Å². The van der Waals surface area contributed by atoms with Crippen molar-refractivity contribution in [3.63, 3.8) is 0 Å². The molecule has 1 amide bonds. The van der Waals surface area contributed by atoms with Crippen molar-refractivity contribution in [3.8, 4) is 0 Å². The summed E-state index contributed by atoms with van der Waals surface area (Å²) in [5.74, 6) is -1.25. The minimum atomic E-state index is -4.68. The zero-order valence-electron chi connectivity index (χ0n) is 13.8. The predicted molar refractivity (Wildman–Crippen MR) is 87.0 cm³/mol. The van der Waals surface area contributed by atoms with E-state index in [9.17, 15) is 22.2 Å². The van der Waals surface area contributed by atoms with E-state index >= 15 is 0 Å². The van der Waals surface area contributed by atoms with E-state index in [0.717, 1.165) is 12.8 Å². The number of carbonyl (C=O) groups is 1. The molecule has 0 radical (unpaired) electrons. The minimum Gasteiger partial charge on any atom is -0.329 e. The Bertz CT molecular complexity index is 924. The van der Waals surface area contributed by atoms with Crippen LogP contribution in [0.4, 0.5) is 13.2 Å². The Hall–Kier alpha value is -2.23. The number of aromatic nitrogens is 2. The Morgan fingerprint density at radius 3 is 2.50 bits per heavy atom. The molecule has 1 heterocycles. The van der Waals surface area contributed by atoms with Crippen molar-refractivity contribution in [1.29, 1.82) is 0 Å². The molecule has 0 saturated heterocycles. The molecule has 6 nitrogen and oxygen atoms in total. The van der Waals surface area contributed by atoms with E-state index in [4.69, 9.17) is 0 Å². The lowest BCUT2D eigenvalue weighted by Gasteiger charge is -2.03. The highest BCUT2D eigenvalue weighted by Crippen LogP contribution is 2.30. The molecule has 0 spiro atoms. The molecule has 26 heavy (non-hydrogen) atoms. The number of halogens is 3. The van der Waals surface area contributed by atoms with E-state index in [1.165, 1.54) is 18.4 Å². The van der Waals surface area contributed by atoms with Gasteiger partial charge in [-0.3, -0.25) is 4.79 Å². The van der Waals surface area contributed by atoms with Gasteiger partial charge in [-0.25, -0.2) is 4.21 Å². The van der Waals surface area contributed by atoms with Crippen molar-refractivity contribution in [2.45, 2.75) is 25.4 Å². The lowest BCUT2D eigenvalue weighted by molar-refractivity contribution is -0.159. The first-order valence-electron chi connectivity index (χ1n) is 7.85. The predicted octanol–water partition coefficient (Wildman–Crippen LogP) is 3.33. The fourth-order valence-corrected chi connectivity index (χ4v) is 4.11. The van der Waals surface area contributed by atoms with Gasteiger partial charge in [0.2, 0.25) is 0 Å². The van der Waals surface area contributed by atoms with Crippen LogP contribution in [0.1, 0.15) is 40.5 Å². The Kier molecular flexibility index (Phi) is 4.87. The fraction of sp³-hybridized carbons (Fsp3) is 0.438. The Morgan fingerprint density at radius 1 is 1.31 bits per heavy atom. The molecule has 1 aliphatic rings. The summed E-state index contributed by atoms with van der Waals surface area (Å²) in [6.07, 6.45) is -1.13. The third kappa shape index (κ3) is 4.90. The summed E-state index contributed by atoms with van der Waals surface area (Å²) in [5.41, 5.74) is 0.870. The van der Waals surface area contributed by atoms with E-state index in [2.05, 4.69) is 19.0 Å². The first-order chi connectivity index (χ1) is 12.1. The lowest BCUT2D eigenvalue weighted by atomic mass is 10.1. The third-order valence-electron chi connectivity index (χ3n) is 3.79. The molecule has 1 aromatic heterocycles. The van der Waals surface area contributed by atoms with Crippen molar-refractivity contribution in [1.82, 2.24) is 10.1 Å². The van der Waals surface area contributed by atoms with Crippen LogP contribution in [0.2, 0.25) is 0 Å². The molecule has 1 fully saturated rings. The van der Waals surface area contributed by atoms with Crippen molar-refractivity contribution in [2.24, 2.45) is 10.3 Å². The fourth-order valence-electron chi connectivity index (χ4n) is 2.38. The van der Waals surface area contributed by atoms with Crippen LogP contribution >= 0.6 is 0 Å². The number of carbonyl (C=O) groups excluding carboxylic acids is 1. The van der Waals surface area contributed by atoms with E-state index in [1.807, 2.05) is 0 Å². The largest absolute Gasteiger partial charge is 0.471 e. The second kappa shape index (κ2) is 6.82. The van der Waals surface area contributed by atoms with Crippen molar-refractivity contribution >= 4 is 15.6 Å². The number of amides is 1. The molecule has 1 aromatic carbocycles. The van der Waals surface area contributed by atoms with Crippen LogP contribution in [0.25, 0.3) is 0 Å². The molecular formula is C16H16F3N3O3S. The highest BCUT2D eigenvalue weighted by atomic mass is 32.2. The summed E-state index contributed by atoms with van der Waals surface area (Å²) in [4.78, 5) is 15.4. The van der Waals surface area contributed by atoms with Crippen molar-refractivity contribution < 1.29 is 26.7 Å². The molecule has 1 saturated carbocycles. The summed E-state index contributed by atoms with van der Waals surface area (Å²) in [5, 5.41) is 3.29. The molecule has 2 aromatic rings. The molecule has 1 unspecified atom stereocenters. The van der Waals surface area contributed by atoms with Crippen molar-refractivity contribution in [2.75, 3.05) is 12.0 Å². The Labute approximate surface area is 148 Å². The highest BCUT2D eigenvalue weighted by molar-refractivity contribution is 7.93. The van der Waals surface area contributed by atoms with Gasteiger partial charge in [-0.05, 0) is 36.5 Å². The SMILES string of the molecule is CS(=O)(CC1CC1)=NC(=O)c1ccc(Cc2noc(C(F)(F)F)n2)cc1. The maximum absolute atomic E-state index is 12.4. The maximum Gasteiger partial charge on any atom is 0.471 e. The van der Waals surface area contributed by atoms with Crippen LogP contribution in [0, 0.1) is 5.92 Å². The van der Waals surface area contributed by atoms with Gasteiger partial charge in [0.25, 0.3) is 5.91 Å². The average molecular weight is 387 g/mol. The minimum absolute atomic E-state index is 0.0252. The van der Waals surface area contributed by atoms with Gasteiger partial charge in [-0.15, -0.1) is 0 Å². The Morgan fingerprint density at radius 2 is 1.96 bits per heavy atom. The molecule has 1 atom stereocenters. The lowest BCUT2D eigenvalue weighted by Crippen LogP contribution is -2.09. The second-order valence-electron chi connectivity index (χ2n) is 6.35. The van der Waals surface area contributed by atoms with Gasteiger partial charge in [0.15, 0.2) is 5.82 Å². The van der Waals surface area contributed by atoms with E-state index < -0.39 is 27.7 Å². The molecule has 0 aliphatic heterocycles. The van der Waals surface area contributed by atoms with E-state index in [-0.39, 0.29) is 17.8 Å². The van der Waals surface area contributed by atoms with Gasteiger partial charge in [-0.1, -0.05) is 17.3 Å². The van der Waals surface area contributed by atoms with Gasteiger partial charge in [-0.2, -0.15) is 22.5 Å². The van der Waals surface area contributed by atoms with Crippen LogP contribution in [-0.4, -0.2) is 32.3 Å². The summed E-state index contributed by atoms with van der Waals surface area (Å²) in [7, 11) is -2.55. The topological polar surface area (TPSA) is 85.4 Å². The monoisotopic (exact) mass is 387 g/mol. The highest BCUT2D eigenvalue weighted by Gasteiger charge is 2.38. The Balaban J connectivity index is 1.68. The summed E-state index contributed by atoms with van der Waals surface area (Å²) < 4.78 is 57.6. The van der Waals surface area contributed by atoms with E-state index in [0.29, 0.717) is 17.2 Å². The summed E-state index contributed by atoms with van der Waals surface area (Å²) >= 11 is 0. The van der Waals surface area contributed by atoms with Gasteiger partial charge in [0, 0.05) is 24.0 Å². The number of hydrogen-bond acceptors (Lipinski definition) is 5. The first kappa shape index (κ1) is 18.6. The number of hydrogen-bond donors (Lipinski definition) is 0. The number of rotatable bonds is 5. The van der Waals surface area contributed by atoms with Crippen LogP contribution < -0.4 is 0 Å². The van der Waals surface area contributed by atoms with Crippen LogP contribution in [-0.2, 0) is 22.3 Å². The normalized spacial score (nSPS) is 16.9. The third-order valence-corrected chi connectivity index (χ3v) is 5.43. The average Bonchev–Trinajstić information content (AvgIpc) is 3.19. The van der Waals surface area contributed by atoms with Crippen molar-refractivity contribution in [3.05, 3.63) is 47.1 Å². The van der Waals surface area contributed by atoms with Gasteiger partial charge in [0.05, 0.1) is 9.73 Å². The van der Waals surface area contributed by atoms with Gasteiger partial charge < -0.3 is 4.52 Å². The smallest absolute Gasteiger partial charge is 0.329 e. The second-order valence-corrected chi connectivity index (χ2v) is 8.79. The first-order valence-corrected chi connectivity index (χ1v) is 9.94. The maximum atomic E-state index is 12.4. The van der Waals surface area contributed by atoms with Crippen LogP contribution in [0.3, 0.4) is 0 Å². The standard InChI is InChI=1S/C16H16F3N3O3S/c1-26(24,9-11-2-3-11)22-14(23)12-6-4-10(5-7-12)8-13-20-15(25-21-13)16(17,18)19/h4-7,11H,2-3,8-9H2,1H3. The molecule has 0 bridgehead atoms. The molecule has 10 heteroatoms. The van der Waals surface area contributed by atoms with Crippen LogP contribution in [0.5, 0.6) is 0 Å². The summed E-state index contributed by atoms with van der Waals surface area (Å²) in [6, 6.07) is 6.09. The van der Waals surface area contributed by atoms with Crippen LogP contribution in [0.15, 0.2) is 33.2 Å². The molecular weight excluding hydrogens is 371 g/mol. The molecule has 3 rings (SSSR count). The number of alkyl halides is 3. The number of nitrogens with zero attached hydrogens (tertiary/aromatic N) is 3. The molecule has 1 aliphatic carbocycles. The quantitative estimate of drug-likeness (QED) is 0.786. The summed E-state index contributed by atoms with van der Waals surface area (Å²) in [6.45, 7) is 0. The van der Waals surface area contributed by atoms with E-state index in [1.54, 1.807) is 12.1 Å².